The molecular formula is C16H23BrN2O. The molecule has 0 radical (unpaired) electrons. The van der Waals surface area contributed by atoms with Gasteiger partial charge in [-0.3, -0.25) is 9.69 Å². The number of rotatable bonds is 7. The van der Waals surface area contributed by atoms with Crippen LogP contribution in [0.2, 0.25) is 0 Å². The second kappa shape index (κ2) is 7.23. The van der Waals surface area contributed by atoms with Gasteiger partial charge in [0.1, 0.15) is 0 Å². The summed E-state index contributed by atoms with van der Waals surface area (Å²) in [5, 5.41) is 3.02. The van der Waals surface area contributed by atoms with Gasteiger partial charge in [-0.15, -0.1) is 0 Å². The van der Waals surface area contributed by atoms with Gasteiger partial charge >= 0.3 is 0 Å². The average molecular weight is 339 g/mol. The van der Waals surface area contributed by atoms with Crippen LogP contribution in [0.3, 0.4) is 0 Å². The Morgan fingerprint density at radius 2 is 2.20 bits per heavy atom. The lowest BCUT2D eigenvalue weighted by Gasteiger charge is -2.21. The molecule has 1 amide bonds. The Labute approximate surface area is 129 Å². The molecule has 110 valence electrons. The van der Waals surface area contributed by atoms with E-state index in [-0.39, 0.29) is 5.91 Å². The van der Waals surface area contributed by atoms with E-state index in [0.29, 0.717) is 6.54 Å². The van der Waals surface area contributed by atoms with Crippen LogP contribution in [-0.4, -0.2) is 30.4 Å². The number of halogens is 1. The van der Waals surface area contributed by atoms with Crippen LogP contribution in [0.4, 0.5) is 5.69 Å². The largest absolute Gasteiger partial charge is 0.325 e. The number of hydrogen-bond acceptors (Lipinski definition) is 2. The third kappa shape index (κ3) is 4.91. The maximum Gasteiger partial charge on any atom is 0.238 e. The molecule has 0 atom stereocenters. The summed E-state index contributed by atoms with van der Waals surface area (Å²) in [5.74, 6) is 0.910. The van der Waals surface area contributed by atoms with Gasteiger partial charge < -0.3 is 5.32 Å². The highest BCUT2D eigenvalue weighted by atomic mass is 79.9. The van der Waals surface area contributed by atoms with E-state index in [1.807, 2.05) is 25.1 Å². The van der Waals surface area contributed by atoms with Gasteiger partial charge in [0.15, 0.2) is 0 Å². The van der Waals surface area contributed by atoms with Gasteiger partial charge in [0, 0.05) is 16.7 Å². The maximum absolute atomic E-state index is 12.2. The van der Waals surface area contributed by atoms with E-state index in [4.69, 9.17) is 0 Å². The highest BCUT2D eigenvalue weighted by molar-refractivity contribution is 9.10. The van der Waals surface area contributed by atoms with Crippen molar-refractivity contribution < 1.29 is 4.79 Å². The highest BCUT2D eigenvalue weighted by Gasteiger charge is 2.24. The van der Waals surface area contributed by atoms with E-state index < -0.39 is 0 Å². The van der Waals surface area contributed by atoms with Gasteiger partial charge in [0.2, 0.25) is 5.91 Å². The minimum absolute atomic E-state index is 0.0875. The Bertz CT molecular complexity index is 472. The fourth-order valence-corrected chi connectivity index (χ4v) is 2.85. The van der Waals surface area contributed by atoms with Gasteiger partial charge in [-0.1, -0.05) is 22.9 Å². The van der Waals surface area contributed by atoms with Crippen molar-refractivity contribution in [3.63, 3.8) is 0 Å². The zero-order valence-electron chi connectivity index (χ0n) is 12.3. The number of aryl methyl sites for hydroxylation is 1. The van der Waals surface area contributed by atoms with Crippen LogP contribution in [0.15, 0.2) is 22.7 Å². The molecule has 3 nitrogen and oxygen atoms in total. The van der Waals surface area contributed by atoms with E-state index >= 15 is 0 Å². The third-order valence-electron chi connectivity index (χ3n) is 3.58. The predicted octanol–water partition coefficient (Wildman–Crippen LogP) is 3.82. The number of anilines is 1. The third-order valence-corrected chi connectivity index (χ3v) is 4.08. The number of nitrogens with zero attached hydrogens (tertiary/aromatic N) is 1. The van der Waals surface area contributed by atoms with E-state index in [1.165, 1.54) is 12.8 Å². The summed E-state index contributed by atoms with van der Waals surface area (Å²) in [4.78, 5) is 14.5. The number of carbonyl (C=O) groups excluding carboxylic acids is 1. The van der Waals surface area contributed by atoms with Crippen LogP contribution in [0.5, 0.6) is 0 Å². The first kappa shape index (κ1) is 15.5. The molecule has 2 rings (SSSR count). The summed E-state index contributed by atoms with van der Waals surface area (Å²) in [6, 6.07) is 5.92. The van der Waals surface area contributed by atoms with Gasteiger partial charge in [-0.25, -0.2) is 0 Å². The Hall–Kier alpha value is -0.870. The molecule has 1 aliphatic rings. The molecule has 0 saturated heterocycles. The molecule has 0 bridgehead atoms. The number of nitrogens with one attached hydrogen (secondary N) is 1. The molecular weight excluding hydrogens is 316 g/mol. The molecule has 0 spiro atoms. The quantitative estimate of drug-likeness (QED) is 0.819. The molecule has 0 unspecified atom stereocenters. The Morgan fingerprint density at radius 3 is 2.80 bits per heavy atom. The molecule has 1 N–H and O–H groups in total. The zero-order valence-corrected chi connectivity index (χ0v) is 13.9. The van der Waals surface area contributed by atoms with Gasteiger partial charge in [0.25, 0.3) is 0 Å². The second-order valence-corrected chi connectivity index (χ2v) is 6.60. The summed E-state index contributed by atoms with van der Waals surface area (Å²) in [7, 11) is 0. The van der Waals surface area contributed by atoms with Crippen molar-refractivity contribution in [3.8, 4) is 0 Å². The van der Waals surface area contributed by atoms with Crippen LogP contribution in [0, 0.1) is 12.8 Å². The lowest BCUT2D eigenvalue weighted by atomic mass is 10.2. The number of carbonyl (C=O) groups is 1. The monoisotopic (exact) mass is 338 g/mol. The molecule has 1 aromatic rings. The van der Waals surface area contributed by atoms with Crippen molar-refractivity contribution in [1.29, 1.82) is 0 Å². The molecule has 1 fully saturated rings. The lowest BCUT2D eigenvalue weighted by molar-refractivity contribution is -0.117. The molecule has 4 heteroatoms. The SMILES string of the molecule is CCCN(CC(=O)Nc1ccc(Br)cc1C)CC1CC1. The number of benzene rings is 1. The molecule has 1 aromatic carbocycles. The van der Waals surface area contributed by atoms with E-state index in [2.05, 4.69) is 33.1 Å². The van der Waals surface area contributed by atoms with Crippen molar-refractivity contribution in [3.05, 3.63) is 28.2 Å². The van der Waals surface area contributed by atoms with E-state index in [1.54, 1.807) is 0 Å². The van der Waals surface area contributed by atoms with Crippen LogP contribution in [0.1, 0.15) is 31.7 Å². The Morgan fingerprint density at radius 1 is 1.45 bits per heavy atom. The summed E-state index contributed by atoms with van der Waals surface area (Å²) in [6.07, 6.45) is 3.75. The highest BCUT2D eigenvalue weighted by Crippen LogP contribution is 2.29. The molecule has 0 heterocycles. The Kier molecular flexibility index (Phi) is 5.61. The molecule has 1 saturated carbocycles. The fourth-order valence-electron chi connectivity index (χ4n) is 2.38. The van der Waals surface area contributed by atoms with Gasteiger partial charge in [0.05, 0.1) is 6.54 Å². The van der Waals surface area contributed by atoms with Crippen molar-refractivity contribution in [2.24, 2.45) is 5.92 Å². The molecule has 20 heavy (non-hydrogen) atoms. The van der Waals surface area contributed by atoms with Crippen LogP contribution in [-0.2, 0) is 4.79 Å². The van der Waals surface area contributed by atoms with Crippen molar-refractivity contribution in [1.82, 2.24) is 4.90 Å². The van der Waals surface area contributed by atoms with Gasteiger partial charge in [-0.2, -0.15) is 0 Å². The number of hydrogen-bond donors (Lipinski definition) is 1. The first-order chi connectivity index (χ1) is 9.58. The minimum Gasteiger partial charge on any atom is -0.325 e. The summed E-state index contributed by atoms with van der Waals surface area (Å²) < 4.78 is 1.04. The lowest BCUT2D eigenvalue weighted by Crippen LogP contribution is -2.35. The fraction of sp³-hybridized carbons (Fsp3) is 0.562. The van der Waals surface area contributed by atoms with Crippen LogP contribution < -0.4 is 5.32 Å². The van der Waals surface area contributed by atoms with Gasteiger partial charge in [-0.05, 0) is 62.4 Å². The molecule has 0 aliphatic heterocycles. The predicted molar refractivity (Wildman–Crippen MR) is 87.0 cm³/mol. The van der Waals surface area contributed by atoms with Crippen LogP contribution in [0.25, 0.3) is 0 Å². The summed E-state index contributed by atoms with van der Waals surface area (Å²) in [5.41, 5.74) is 1.98. The normalized spacial score (nSPS) is 14.6. The van der Waals surface area contributed by atoms with Crippen LogP contribution >= 0.6 is 15.9 Å². The maximum atomic E-state index is 12.2. The first-order valence-corrected chi connectivity index (χ1v) is 8.16. The Balaban J connectivity index is 1.89. The van der Waals surface area contributed by atoms with Crippen molar-refractivity contribution in [2.45, 2.75) is 33.1 Å². The standard InChI is InChI=1S/C16H23BrN2O/c1-3-8-19(10-13-4-5-13)11-16(20)18-15-7-6-14(17)9-12(15)2/h6-7,9,13H,3-5,8,10-11H2,1-2H3,(H,18,20). The first-order valence-electron chi connectivity index (χ1n) is 7.37. The smallest absolute Gasteiger partial charge is 0.238 e. The van der Waals surface area contributed by atoms with E-state index in [0.717, 1.165) is 41.2 Å². The van der Waals surface area contributed by atoms with Crippen molar-refractivity contribution >= 4 is 27.5 Å². The summed E-state index contributed by atoms with van der Waals surface area (Å²) in [6.45, 7) is 6.74. The van der Waals surface area contributed by atoms with Crippen molar-refractivity contribution in [2.75, 3.05) is 25.0 Å². The molecule has 0 aromatic heterocycles. The molecule has 1 aliphatic carbocycles. The second-order valence-electron chi connectivity index (χ2n) is 5.69. The topological polar surface area (TPSA) is 32.3 Å². The summed E-state index contributed by atoms with van der Waals surface area (Å²) >= 11 is 3.44. The minimum atomic E-state index is 0.0875. The number of amides is 1. The average Bonchev–Trinajstić information content (AvgIpc) is 3.17. The van der Waals surface area contributed by atoms with E-state index in [9.17, 15) is 4.79 Å². The zero-order chi connectivity index (χ0) is 14.5.